The zero-order valence-electron chi connectivity index (χ0n) is 12.6. The average Bonchev–Trinajstić information content (AvgIpc) is 2.93. The highest BCUT2D eigenvalue weighted by Crippen LogP contribution is 2.48. The molecule has 1 heterocycles. The first-order valence-electron chi connectivity index (χ1n) is 8.36. The minimum Gasteiger partial charge on any atom is -0.341 e. The van der Waals surface area contributed by atoms with Gasteiger partial charge in [-0.3, -0.25) is 4.79 Å². The highest BCUT2D eigenvalue weighted by Gasteiger charge is 2.50. The molecule has 3 aliphatic rings. The summed E-state index contributed by atoms with van der Waals surface area (Å²) in [5.74, 6) is 2.89. The van der Waals surface area contributed by atoms with Crippen molar-refractivity contribution in [1.29, 1.82) is 0 Å². The van der Waals surface area contributed by atoms with E-state index in [4.69, 9.17) is 5.73 Å². The molecule has 0 radical (unpaired) electrons. The monoisotopic (exact) mass is 296 g/mol. The number of carbonyl (C=O) groups is 1. The van der Waals surface area contributed by atoms with E-state index in [9.17, 15) is 4.79 Å². The third kappa shape index (κ3) is 2.74. The van der Waals surface area contributed by atoms with Crippen LogP contribution < -0.4 is 5.73 Å². The summed E-state index contributed by atoms with van der Waals surface area (Å²) in [7, 11) is 0. The molecule has 2 N–H and O–H groups in total. The lowest BCUT2D eigenvalue weighted by Crippen LogP contribution is -2.48. The summed E-state index contributed by atoms with van der Waals surface area (Å²) in [4.78, 5) is 15.1. The number of hydrogen-bond donors (Lipinski definition) is 1. The van der Waals surface area contributed by atoms with E-state index in [2.05, 4.69) is 11.8 Å². The van der Waals surface area contributed by atoms with Crippen molar-refractivity contribution in [3.8, 4) is 0 Å². The van der Waals surface area contributed by atoms with Crippen LogP contribution in [0.5, 0.6) is 0 Å². The van der Waals surface area contributed by atoms with Gasteiger partial charge in [-0.1, -0.05) is 13.3 Å². The molecule has 3 rings (SSSR count). The van der Waals surface area contributed by atoms with Crippen molar-refractivity contribution in [2.45, 2.75) is 56.7 Å². The number of thioether (sulfide) groups is 1. The van der Waals surface area contributed by atoms with Gasteiger partial charge >= 0.3 is 0 Å². The summed E-state index contributed by atoms with van der Waals surface area (Å²) in [6.45, 7) is 4.13. The Hall–Kier alpha value is -0.220. The van der Waals surface area contributed by atoms with Gasteiger partial charge in [0.15, 0.2) is 0 Å². The highest BCUT2D eigenvalue weighted by molar-refractivity contribution is 7.99. The Morgan fingerprint density at radius 3 is 2.75 bits per heavy atom. The summed E-state index contributed by atoms with van der Waals surface area (Å²) in [5.41, 5.74) is 6.35. The molecule has 1 saturated heterocycles. The molecule has 2 aliphatic carbocycles. The van der Waals surface area contributed by atoms with Gasteiger partial charge in [-0.25, -0.2) is 0 Å². The fourth-order valence-corrected chi connectivity index (χ4v) is 5.68. The van der Waals surface area contributed by atoms with Crippen molar-refractivity contribution < 1.29 is 4.79 Å². The van der Waals surface area contributed by atoms with E-state index in [-0.39, 0.29) is 12.0 Å². The van der Waals surface area contributed by atoms with Crippen LogP contribution >= 0.6 is 11.8 Å². The maximum absolute atomic E-state index is 12.9. The summed E-state index contributed by atoms with van der Waals surface area (Å²) in [6.07, 6.45) is 7.40. The molecule has 4 heteroatoms. The normalized spacial score (nSPS) is 40.9. The summed E-state index contributed by atoms with van der Waals surface area (Å²) in [5, 5.41) is 0.640. The third-order valence-corrected chi connectivity index (χ3v) is 6.80. The molecule has 1 amide bonds. The number of amides is 1. The van der Waals surface area contributed by atoms with Crippen LogP contribution in [0.2, 0.25) is 0 Å². The van der Waals surface area contributed by atoms with Gasteiger partial charge in [0, 0.05) is 24.4 Å². The fraction of sp³-hybridized carbons (Fsp3) is 0.938. The lowest BCUT2D eigenvalue weighted by Gasteiger charge is -2.33. The molecule has 2 bridgehead atoms. The molecule has 5 unspecified atom stereocenters. The molecule has 3 nitrogen and oxygen atoms in total. The molecule has 0 aromatic rings. The Labute approximate surface area is 127 Å². The summed E-state index contributed by atoms with van der Waals surface area (Å²) >= 11 is 2.02. The first-order chi connectivity index (χ1) is 9.70. The van der Waals surface area contributed by atoms with Crippen molar-refractivity contribution >= 4 is 17.7 Å². The van der Waals surface area contributed by atoms with Gasteiger partial charge in [0.1, 0.15) is 0 Å². The fourth-order valence-electron chi connectivity index (χ4n) is 4.59. The second kappa shape index (κ2) is 6.27. The number of likely N-dealkylation sites (tertiary alicyclic amines) is 1. The Bertz CT molecular complexity index is 360. The van der Waals surface area contributed by atoms with Crippen LogP contribution in [-0.2, 0) is 4.79 Å². The average molecular weight is 296 g/mol. The molecule has 2 saturated carbocycles. The second-order valence-electron chi connectivity index (χ2n) is 6.79. The van der Waals surface area contributed by atoms with Crippen molar-refractivity contribution in [3.05, 3.63) is 0 Å². The van der Waals surface area contributed by atoms with Gasteiger partial charge in [0.2, 0.25) is 5.91 Å². The smallest absolute Gasteiger partial charge is 0.227 e. The van der Waals surface area contributed by atoms with E-state index in [0.29, 0.717) is 23.0 Å². The third-order valence-electron chi connectivity index (χ3n) is 5.61. The van der Waals surface area contributed by atoms with Crippen molar-refractivity contribution in [3.63, 3.8) is 0 Å². The van der Waals surface area contributed by atoms with E-state index in [1.54, 1.807) is 0 Å². The molecule has 0 spiro atoms. The minimum atomic E-state index is 0.138. The predicted octanol–water partition coefficient (Wildman–Crippen LogP) is 2.49. The first kappa shape index (κ1) is 14.7. The Kier molecular flexibility index (Phi) is 4.61. The Morgan fingerprint density at radius 2 is 2.05 bits per heavy atom. The lowest BCUT2D eigenvalue weighted by molar-refractivity contribution is -0.137. The maximum atomic E-state index is 12.9. The van der Waals surface area contributed by atoms with Crippen LogP contribution in [0, 0.1) is 17.8 Å². The van der Waals surface area contributed by atoms with Crippen LogP contribution in [0.3, 0.4) is 0 Å². The van der Waals surface area contributed by atoms with E-state index in [0.717, 1.165) is 18.8 Å². The number of carbonyl (C=O) groups excluding carboxylic acids is 1. The van der Waals surface area contributed by atoms with Crippen LogP contribution in [-0.4, -0.2) is 40.9 Å². The molecule has 114 valence electrons. The topological polar surface area (TPSA) is 46.3 Å². The van der Waals surface area contributed by atoms with Crippen LogP contribution in [0.25, 0.3) is 0 Å². The van der Waals surface area contributed by atoms with Gasteiger partial charge < -0.3 is 10.6 Å². The van der Waals surface area contributed by atoms with Crippen LogP contribution in [0.15, 0.2) is 0 Å². The number of nitrogens with zero attached hydrogens (tertiary/aromatic N) is 1. The van der Waals surface area contributed by atoms with E-state index in [1.807, 2.05) is 11.8 Å². The Balaban J connectivity index is 1.66. The SMILES string of the molecule is CCSC1CCCCN(C(=O)C2C3CCC(C3)C2N)C1. The number of fused-ring (bicyclic) bond motifs is 2. The van der Waals surface area contributed by atoms with Crippen LogP contribution in [0.1, 0.15) is 45.4 Å². The summed E-state index contributed by atoms with van der Waals surface area (Å²) < 4.78 is 0. The first-order valence-corrected chi connectivity index (χ1v) is 9.41. The highest BCUT2D eigenvalue weighted by atomic mass is 32.2. The standard InChI is InChI=1S/C16H28N2OS/c1-2-20-13-5-3-4-8-18(10-13)16(19)14-11-6-7-12(9-11)15(14)17/h11-15H,2-10,17H2,1H3. The zero-order valence-corrected chi connectivity index (χ0v) is 13.4. The number of nitrogens with two attached hydrogens (primary N) is 1. The molecular formula is C16H28N2OS. The molecule has 3 fully saturated rings. The lowest BCUT2D eigenvalue weighted by atomic mass is 9.84. The second-order valence-corrected chi connectivity index (χ2v) is 8.37. The van der Waals surface area contributed by atoms with Gasteiger partial charge in [-0.05, 0) is 49.7 Å². The van der Waals surface area contributed by atoms with Gasteiger partial charge in [0.05, 0.1) is 5.92 Å². The quantitative estimate of drug-likeness (QED) is 0.870. The number of rotatable bonds is 3. The molecule has 0 aromatic carbocycles. The maximum Gasteiger partial charge on any atom is 0.227 e. The minimum absolute atomic E-state index is 0.138. The molecule has 5 atom stereocenters. The van der Waals surface area contributed by atoms with E-state index in [1.165, 1.54) is 38.5 Å². The number of hydrogen-bond acceptors (Lipinski definition) is 3. The van der Waals surface area contributed by atoms with E-state index < -0.39 is 0 Å². The van der Waals surface area contributed by atoms with Gasteiger partial charge in [-0.2, -0.15) is 11.8 Å². The molecular weight excluding hydrogens is 268 g/mol. The van der Waals surface area contributed by atoms with Crippen molar-refractivity contribution in [2.75, 3.05) is 18.8 Å². The Morgan fingerprint density at radius 1 is 1.25 bits per heavy atom. The molecule has 20 heavy (non-hydrogen) atoms. The molecule has 0 aromatic heterocycles. The van der Waals surface area contributed by atoms with Gasteiger partial charge in [0.25, 0.3) is 0 Å². The van der Waals surface area contributed by atoms with Crippen molar-refractivity contribution in [1.82, 2.24) is 4.90 Å². The van der Waals surface area contributed by atoms with E-state index >= 15 is 0 Å². The van der Waals surface area contributed by atoms with Gasteiger partial charge in [-0.15, -0.1) is 0 Å². The largest absolute Gasteiger partial charge is 0.341 e. The molecule has 1 aliphatic heterocycles. The van der Waals surface area contributed by atoms with Crippen LogP contribution in [0.4, 0.5) is 0 Å². The summed E-state index contributed by atoms with van der Waals surface area (Å²) in [6, 6.07) is 0.141. The van der Waals surface area contributed by atoms with Crippen molar-refractivity contribution in [2.24, 2.45) is 23.5 Å². The zero-order chi connectivity index (χ0) is 14.1. The predicted molar refractivity (Wildman–Crippen MR) is 84.6 cm³/mol.